The molecule has 19 heavy (non-hydrogen) atoms. The van der Waals surface area contributed by atoms with Crippen LogP contribution >= 0.6 is 0 Å². The molecule has 92 valence electrons. The number of aromatic nitrogens is 4. The highest BCUT2D eigenvalue weighted by atomic mass is 16.5. The van der Waals surface area contributed by atoms with Crippen LogP contribution in [0.25, 0.3) is 11.5 Å². The van der Waals surface area contributed by atoms with Crippen LogP contribution in [0.5, 0.6) is 0 Å². The third-order valence-corrected chi connectivity index (χ3v) is 2.58. The van der Waals surface area contributed by atoms with Crippen LogP contribution in [-0.4, -0.2) is 20.1 Å². The van der Waals surface area contributed by atoms with Crippen molar-refractivity contribution in [1.82, 2.24) is 20.1 Å². The molecule has 0 bridgehead atoms. The molecule has 0 aliphatic carbocycles. The molecule has 0 aliphatic heterocycles. The van der Waals surface area contributed by atoms with Gasteiger partial charge >= 0.3 is 0 Å². The molecule has 0 unspecified atom stereocenters. The maximum absolute atomic E-state index is 8.74. The van der Waals surface area contributed by atoms with Crippen molar-refractivity contribution in [3.63, 3.8) is 0 Å². The second-order valence-electron chi connectivity index (χ2n) is 3.93. The summed E-state index contributed by atoms with van der Waals surface area (Å²) in [5, 5.41) is 12.6. The van der Waals surface area contributed by atoms with Crippen LogP contribution < -0.4 is 0 Å². The Labute approximate surface area is 108 Å². The molecule has 0 fully saturated rings. The van der Waals surface area contributed by atoms with E-state index in [0.717, 1.165) is 5.69 Å². The van der Waals surface area contributed by atoms with Gasteiger partial charge in [-0.05, 0) is 18.2 Å². The highest BCUT2D eigenvalue weighted by Crippen LogP contribution is 2.18. The van der Waals surface area contributed by atoms with Gasteiger partial charge in [-0.25, -0.2) is 0 Å². The van der Waals surface area contributed by atoms with Crippen LogP contribution in [0.15, 0.2) is 41.2 Å². The lowest BCUT2D eigenvalue weighted by Crippen LogP contribution is -1.93. The molecular formula is C13H9N5O. The first kappa shape index (κ1) is 11.2. The number of H-pyrrole nitrogens is 1. The average molecular weight is 251 g/mol. The summed E-state index contributed by atoms with van der Waals surface area (Å²) in [5.74, 6) is 0.956. The van der Waals surface area contributed by atoms with Gasteiger partial charge in [0.05, 0.1) is 12.0 Å². The maximum Gasteiger partial charge on any atom is 0.259 e. The van der Waals surface area contributed by atoms with E-state index in [1.807, 2.05) is 24.3 Å². The lowest BCUT2D eigenvalue weighted by Gasteiger charge is -1.92. The first-order valence-electron chi connectivity index (χ1n) is 5.66. The normalized spacial score (nSPS) is 10.3. The van der Waals surface area contributed by atoms with Crippen molar-refractivity contribution in [2.24, 2.45) is 0 Å². The fraction of sp³-hybridized carbons (Fsp3) is 0.0769. The summed E-state index contributed by atoms with van der Waals surface area (Å²) in [7, 11) is 0. The lowest BCUT2D eigenvalue weighted by atomic mass is 10.2. The van der Waals surface area contributed by atoms with Crippen molar-refractivity contribution in [2.75, 3.05) is 0 Å². The van der Waals surface area contributed by atoms with E-state index in [0.29, 0.717) is 29.4 Å². The third kappa shape index (κ3) is 2.35. The SMILES string of the molecule is N#Cc1cc(-c2nc(Cc3ccccn3)no2)c[nH]1. The van der Waals surface area contributed by atoms with Crippen molar-refractivity contribution in [1.29, 1.82) is 5.26 Å². The number of nitriles is 1. The maximum atomic E-state index is 8.74. The van der Waals surface area contributed by atoms with Gasteiger partial charge in [0.2, 0.25) is 0 Å². The zero-order chi connectivity index (χ0) is 13.1. The zero-order valence-corrected chi connectivity index (χ0v) is 9.87. The minimum Gasteiger partial charge on any atom is -0.352 e. The molecule has 6 heteroatoms. The van der Waals surface area contributed by atoms with E-state index >= 15 is 0 Å². The molecule has 0 amide bonds. The molecule has 3 heterocycles. The Bertz CT molecular complexity index is 723. The average Bonchev–Trinajstić information content (AvgIpc) is 3.08. The lowest BCUT2D eigenvalue weighted by molar-refractivity contribution is 0.424. The van der Waals surface area contributed by atoms with Crippen molar-refractivity contribution in [3.05, 3.63) is 53.9 Å². The number of rotatable bonds is 3. The molecule has 0 spiro atoms. The van der Waals surface area contributed by atoms with E-state index in [4.69, 9.17) is 9.78 Å². The molecule has 0 atom stereocenters. The molecule has 3 aromatic heterocycles. The Morgan fingerprint density at radius 1 is 1.37 bits per heavy atom. The van der Waals surface area contributed by atoms with Crippen molar-refractivity contribution in [2.45, 2.75) is 6.42 Å². The van der Waals surface area contributed by atoms with E-state index in [1.54, 1.807) is 18.5 Å². The van der Waals surface area contributed by atoms with Crippen LogP contribution in [0, 0.1) is 11.3 Å². The predicted molar refractivity (Wildman–Crippen MR) is 65.8 cm³/mol. The van der Waals surface area contributed by atoms with Crippen molar-refractivity contribution < 1.29 is 4.52 Å². The van der Waals surface area contributed by atoms with Crippen LogP contribution in [0.3, 0.4) is 0 Å². The van der Waals surface area contributed by atoms with Gasteiger partial charge in [-0.3, -0.25) is 4.98 Å². The molecule has 0 radical (unpaired) electrons. The second-order valence-corrected chi connectivity index (χ2v) is 3.93. The quantitative estimate of drug-likeness (QED) is 0.767. The van der Waals surface area contributed by atoms with Crippen LogP contribution in [0.4, 0.5) is 0 Å². The Kier molecular flexibility index (Phi) is 2.79. The van der Waals surface area contributed by atoms with E-state index in [2.05, 4.69) is 20.1 Å². The molecular weight excluding hydrogens is 242 g/mol. The third-order valence-electron chi connectivity index (χ3n) is 2.58. The minimum atomic E-state index is 0.392. The van der Waals surface area contributed by atoms with Crippen LogP contribution in [0.1, 0.15) is 17.2 Å². The number of hydrogen-bond donors (Lipinski definition) is 1. The number of pyridine rings is 1. The van der Waals surface area contributed by atoms with Gasteiger partial charge in [0.15, 0.2) is 5.82 Å². The summed E-state index contributed by atoms with van der Waals surface area (Å²) >= 11 is 0. The van der Waals surface area contributed by atoms with E-state index in [-0.39, 0.29) is 0 Å². The summed E-state index contributed by atoms with van der Waals surface area (Å²) in [6, 6.07) is 9.34. The van der Waals surface area contributed by atoms with Crippen LogP contribution in [-0.2, 0) is 6.42 Å². The molecule has 3 rings (SSSR count). The monoisotopic (exact) mass is 251 g/mol. The number of aromatic amines is 1. The molecule has 0 saturated carbocycles. The molecule has 3 aromatic rings. The first-order chi connectivity index (χ1) is 9.35. The molecule has 0 saturated heterocycles. The van der Waals surface area contributed by atoms with E-state index < -0.39 is 0 Å². The van der Waals surface area contributed by atoms with Gasteiger partial charge in [0.25, 0.3) is 5.89 Å². The van der Waals surface area contributed by atoms with Gasteiger partial charge in [-0.2, -0.15) is 10.2 Å². The number of hydrogen-bond acceptors (Lipinski definition) is 5. The van der Waals surface area contributed by atoms with Gasteiger partial charge in [-0.1, -0.05) is 11.2 Å². The largest absolute Gasteiger partial charge is 0.352 e. The van der Waals surface area contributed by atoms with Gasteiger partial charge in [0, 0.05) is 18.1 Å². The molecule has 1 N–H and O–H groups in total. The Morgan fingerprint density at radius 3 is 3.05 bits per heavy atom. The van der Waals surface area contributed by atoms with Crippen molar-refractivity contribution in [3.8, 4) is 17.5 Å². The molecule has 0 aromatic carbocycles. The molecule has 0 aliphatic rings. The first-order valence-corrected chi connectivity index (χ1v) is 5.66. The van der Waals surface area contributed by atoms with E-state index in [1.165, 1.54) is 0 Å². The summed E-state index contributed by atoms with van der Waals surface area (Å²) in [6.45, 7) is 0. The highest BCUT2D eigenvalue weighted by Gasteiger charge is 2.11. The fourth-order valence-corrected chi connectivity index (χ4v) is 1.69. The summed E-state index contributed by atoms with van der Waals surface area (Å²) in [6.07, 6.45) is 3.90. The predicted octanol–water partition coefficient (Wildman–Crippen LogP) is 1.92. The fourth-order valence-electron chi connectivity index (χ4n) is 1.69. The Morgan fingerprint density at radius 2 is 2.32 bits per heavy atom. The van der Waals surface area contributed by atoms with Gasteiger partial charge < -0.3 is 9.51 Å². The second kappa shape index (κ2) is 4.74. The number of nitrogens with zero attached hydrogens (tertiary/aromatic N) is 4. The van der Waals surface area contributed by atoms with E-state index in [9.17, 15) is 0 Å². The van der Waals surface area contributed by atoms with Gasteiger partial charge in [-0.15, -0.1) is 0 Å². The summed E-state index contributed by atoms with van der Waals surface area (Å²) in [5.41, 5.74) is 2.04. The summed E-state index contributed by atoms with van der Waals surface area (Å²) < 4.78 is 5.16. The zero-order valence-electron chi connectivity index (χ0n) is 9.87. The van der Waals surface area contributed by atoms with Crippen molar-refractivity contribution >= 4 is 0 Å². The topological polar surface area (TPSA) is 91.4 Å². The van der Waals surface area contributed by atoms with Crippen LogP contribution in [0.2, 0.25) is 0 Å². The Balaban J connectivity index is 1.82. The minimum absolute atomic E-state index is 0.392. The number of nitrogens with one attached hydrogen (secondary N) is 1. The Hall–Kier alpha value is -2.94. The van der Waals surface area contributed by atoms with Gasteiger partial charge in [0.1, 0.15) is 11.8 Å². The standard InChI is InChI=1S/C13H9N5O/c14-7-11-5-9(8-16-11)13-17-12(18-19-13)6-10-3-1-2-4-15-10/h1-5,8,16H,6H2. The molecule has 6 nitrogen and oxygen atoms in total. The highest BCUT2D eigenvalue weighted by molar-refractivity contribution is 5.54. The summed E-state index contributed by atoms with van der Waals surface area (Å²) in [4.78, 5) is 11.3. The smallest absolute Gasteiger partial charge is 0.259 e.